The summed E-state index contributed by atoms with van der Waals surface area (Å²) in [5, 5.41) is 3.22. The van der Waals surface area contributed by atoms with Crippen LogP contribution in [-0.2, 0) is 15.1 Å². The van der Waals surface area contributed by atoms with Gasteiger partial charge in [0.1, 0.15) is 30.4 Å². The molecule has 1 N–H and O–H groups in total. The van der Waals surface area contributed by atoms with Crippen molar-refractivity contribution >= 4 is 29.4 Å². The summed E-state index contributed by atoms with van der Waals surface area (Å²) in [5.41, 5.74) is -1.33. The Morgan fingerprint density at radius 2 is 1.93 bits per heavy atom. The third kappa shape index (κ3) is 4.37. The molecule has 1 aromatic carbocycles. The molecular weight excluding hydrogens is 398 g/mol. The fourth-order valence-electron chi connectivity index (χ4n) is 2.92. The van der Waals surface area contributed by atoms with Crippen molar-refractivity contribution in [3.8, 4) is 5.75 Å². The Bertz CT molecular complexity index is 926. The second-order valence-electron chi connectivity index (χ2n) is 6.97. The van der Waals surface area contributed by atoms with Gasteiger partial charge < -0.3 is 19.4 Å². The average Bonchev–Trinajstić information content (AvgIpc) is 3.21. The number of ether oxygens (including phenoxy) is 1. The second kappa shape index (κ2) is 8.16. The van der Waals surface area contributed by atoms with Crippen LogP contribution in [0.1, 0.15) is 18.4 Å². The maximum absolute atomic E-state index is 12.8. The molecule has 0 radical (unpaired) electrons. The zero-order chi connectivity index (χ0) is 21.2. The lowest BCUT2D eigenvalue weighted by Gasteiger charge is -2.21. The van der Waals surface area contributed by atoms with Crippen molar-refractivity contribution in [3.05, 3.63) is 52.9 Å². The van der Waals surface area contributed by atoms with E-state index in [0.29, 0.717) is 28.8 Å². The molecule has 1 saturated heterocycles. The van der Waals surface area contributed by atoms with E-state index in [9.17, 15) is 14.4 Å². The van der Waals surface area contributed by atoms with E-state index >= 15 is 0 Å². The Labute approximate surface area is 173 Å². The number of carbonyl (C=O) groups excluding carboxylic acids is 3. The lowest BCUT2D eigenvalue weighted by Crippen LogP contribution is -2.44. The van der Waals surface area contributed by atoms with E-state index in [0.717, 1.165) is 4.90 Å². The number of amides is 4. The van der Waals surface area contributed by atoms with Gasteiger partial charge in [-0.3, -0.25) is 14.5 Å². The van der Waals surface area contributed by atoms with Gasteiger partial charge in [0.25, 0.3) is 5.91 Å². The van der Waals surface area contributed by atoms with E-state index in [1.54, 1.807) is 57.3 Å². The van der Waals surface area contributed by atoms with Crippen LogP contribution in [0, 0.1) is 6.92 Å². The van der Waals surface area contributed by atoms with Gasteiger partial charge in [-0.2, -0.15) is 0 Å². The highest BCUT2D eigenvalue weighted by molar-refractivity contribution is 6.30. The quantitative estimate of drug-likeness (QED) is 0.696. The summed E-state index contributed by atoms with van der Waals surface area (Å²) in [4.78, 5) is 39.9. The van der Waals surface area contributed by atoms with Gasteiger partial charge >= 0.3 is 6.03 Å². The summed E-state index contributed by atoms with van der Waals surface area (Å²) in [6.45, 7) is 3.49. The van der Waals surface area contributed by atoms with Crippen LogP contribution >= 0.6 is 11.6 Å². The smallest absolute Gasteiger partial charge is 0.325 e. The molecule has 2 heterocycles. The van der Waals surface area contributed by atoms with E-state index in [1.807, 2.05) is 0 Å². The molecule has 4 amide bonds. The summed E-state index contributed by atoms with van der Waals surface area (Å²) >= 11 is 5.82. The lowest BCUT2D eigenvalue weighted by molar-refractivity contribution is -0.138. The molecule has 0 saturated carbocycles. The Hall–Kier alpha value is -3.00. The third-order valence-corrected chi connectivity index (χ3v) is 4.99. The number of nitrogens with one attached hydrogen (secondary N) is 1. The minimum Gasteiger partial charge on any atom is -0.492 e. The maximum atomic E-state index is 12.8. The van der Waals surface area contributed by atoms with Crippen LogP contribution in [0.3, 0.4) is 0 Å². The number of aryl methyl sites for hydroxylation is 1. The Kier molecular flexibility index (Phi) is 5.83. The molecule has 1 aliphatic heterocycles. The fraction of sp³-hybridized carbons (Fsp3) is 0.350. The van der Waals surface area contributed by atoms with Gasteiger partial charge in [0.15, 0.2) is 5.54 Å². The summed E-state index contributed by atoms with van der Waals surface area (Å²) in [6, 6.07) is 9.59. The molecule has 9 heteroatoms. The van der Waals surface area contributed by atoms with Crippen LogP contribution in [0.2, 0.25) is 5.02 Å². The van der Waals surface area contributed by atoms with Gasteiger partial charge in [0.2, 0.25) is 5.91 Å². The second-order valence-corrected chi connectivity index (χ2v) is 7.41. The first-order valence-corrected chi connectivity index (χ1v) is 9.42. The number of hydrogen-bond donors (Lipinski definition) is 1. The molecule has 8 nitrogen and oxygen atoms in total. The zero-order valence-corrected chi connectivity index (χ0v) is 17.2. The van der Waals surface area contributed by atoms with Gasteiger partial charge in [-0.1, -0.05) is 11.6 Å². The fourth-order valence-corrected chi connectivity index (χ4v) is 3.05. The van der Waals surface area contributed by atoms with Crippen LogP contribution in [0.4, 0.5) is 4.79 Å². The molecular formula is C20H22ClN3O5. The topological polar surface area (TPSA) is 92.1 Å². The predicted octanol–water partition coefficient (Wildman–Crippen LogP) is 2.55. The van der Waals surface area contributed by atoms with E-state index in [-0.39, 0.29) is 19.1 Å². The molecule has 1 aliphatic rings. The van der Waals surface area contributed by atoms with Crippen molar-refractivity contribution in [2.45, 2.75) is 19.4 Å². The van der Waals surface area contributed by atoms with Crippen molar-refractivity contribution in [2.75, 3.05) is 26.7 Å². The molecule has 1 unspecified atom stereocenters. The number of hydrogen-bond acceptors (Lipinski definition) is 5. The highest BCUT2D eigenvalue weighted by Gasteiger charge is 2.51. The zero-order valence-electron chi connectivity index (χ0n) is 16.4. The van der Waals surface area contributed by atoms with Crippen molar-refractivity contribution in [3.63, 3.8) is 0 Å². The Balaban J connectivity index is 1.56. The Morgan fingerprint density at radius 3 is 2.55 bits per heavy atom. The number of furan rings is 1. The van der Waals surface area contributed by atoms with Gasteiger partial charge in [0.05, 0.1) is 6.54 Å². The number of halogens is 1. The van der Waals surface area contributed by atoms with Crippen molar-refractivity contribution in [1.29, 1.82) is 0 Å². The molecule has 1 atom stereocenters. The van der Waals surface area contributed by atoms with Crippen LogP contribution in [0.15, 0.2) is 40.8 Å². The minimum absolute atomic E-state index is 0.257. The predicted molar refractivity (Wildman–Crippen MR) is 106 cm³/mol. The molecule has 1 fully saturated rings. The van der Waals surface area contributed by atoms with Gasteiger partial charge in [-0.15, -0.1) is 0 Å². The largest absolute Gasteiger partial charge is 0.492 e. The Morgan fingerprint density at radius 1 is 1.24 bits per heavy atom. The monoisotopic (exact) mass is 419 g/mol. The SMILES string of the molecule is Cc1ccc(C2(C)NC(=O)N(CC(=O)N(C)CCOc3ccc(Cl)cc3)C2=O)o1. The van der Waals surface area contributed by atoms with Gasteiger partial charge in [0, 0.05) is 12.1 Å². The molecule has 0 bridgehead atoms. The first-order chi connectivity index (χ1) is 13.7. The first-order valence-electron chi connectivity index (χ1n) is 9.04. The number of rotatable bonds is 7. The number of nitrogens with zero attached hydrogens (tertiary/aromatic N) is 2. The molecule has 2 aromatic rings. The molecule has 29 heavy (non-hydrogen) atoms. The normalized spacial score (nSPS) is 18.7. The molecule has 3 rings (SSSR count). The van der Waals surface area contributed by atoms with E-state index in [2.05, 4.69) is 5.32 Å². The van der Waals surface area contributed by atoms with Gasteiger partial charge in [-0.05, 0) is 50.2 Å². The van der Waals surface area contributed by atoms with Crippen LogP contribution < -0.4 is 10.1 Å². The minimum atomic E-state index is -1.33. The van der Waals surface area contributed by atoms with Crippen LogP contribution in [0.25, 0.3) is 0 Å². The summed E-state index contributed by atoms with van der Waals surface area (Å²) < 4.78 is 11.1. The standard InChI is InChI=1S/C20H22ClN3O5/c1-13-4-9-16(29-13)20(2)18(26)24(19(27)22-20)12-17(25)23(3)10-11-28-15-7-5-14(21)6-8-15/h4-9H,10-12H2,1-3H3,(H,22,27). The number of urea groups is 1. The number of imide groups is 1. The number of benzene rings is 1. The highest BCUT2D eigenvalue weighted by atomic mass is 35.5. The molecule has 0 aliphatic carbocycles. The number of likely N-dealkylation sites (N-methyl/N-ethyl adjacent to an activating group) is 1. The highest BCUT2D eigenvalue weighted by Crippen LogP contribution is 2.30. The average molecular weight is 420 g/mol. The van der Waals surface area contributed by atoms with E-state index in [1.165, 1.54) is 4.90 Å². The number of carbonyl (C=O) groups is 3. The summed E-state index contributed by atoms with van der Waals surface area (Å²) in [6.07, 6.45) is 0. The summed E-state index contributed by atoms with van der Waals surface area (Å²) in [5.74, 6) is 0.671. The van der Waals surface area contributed by atoms with Gasteiger partial charge in [-0.25, -0.2) is 4.79 Å². The van der Waals surface area contributed by atoms with Crippen molar-refractivity contribution < 1.29 is 23.5 Å². The first kappa shape index (κ1) is 20.7. The van der Waals surface area contributed by atoms with E-state index < -0.39 is 17.5 Å². The maximum Gasteiger partial charge on any atom is 0.325 e. The third-order valence-electron chi connectivity index (χ3n) is 4.74. The van der Waals surface area contributed by atoms with Crippen molar-refractivity contribution in [2.24, 2.45) is 0 Å². The van der Waals surface area contributed by atoms with Crippen LogP contribution in [-0.4, -0.2) is 54.4 Å². The molecule has 154 valence electrons. The van der Waals surface area contributed by atoms with Crippen LogP contribution in [0.5, 0.6) is 5.75 Å². The summed E-state index contributed by atoms with van der Waals surface area (Å²) in [7, 11) is 1.58. The van der Waals surface area contributed by atoms with Crippen molar-refractivity contribution in [1.82, 2.24) is 15.1 Å². The lowest BCUT2D eigenvalue weighted by atomic mass is 9.99. The molecule has 1 aromatic heterocycles. The van der Waals surface area contributed by atoms with E-state index in [4.69, 9.17) is 20.8 Å². The molecule has 0 spiro atoms.